The minimum Gasteiger partial charge on any atom is -0.495 e. The summed E-state index contributed by atoms with van der Waals surface area (Å²) in [5.74, 6) is 1.43. The van der Waals surface area contributed by atoms with Crippen LogP contribution in [0.25, 0.3) is 11.1 Å². The number of carbonyl (C=O) groups excluding carboxylic acids is 1. The molecule has 1 aliphatic heterocycles. The van der Waals surface area contributed by atoms with Gasteiger partial charge in [-0.25, -0.2) is 9.97 Å². The van der Waals surface area contributed by atoms with Crippen molar-refractivity contribution in [3.63, 3.8) is 0 Å². The number of morpholine rings is 1. The molecule has 1 fully saturated rings. The van der Waals surface area contributed by atoms with Gasteiger partial charge in [0, 0.05) is 25.2 Å². The lowest BCUT2D eigenvalue weighted by Gasteiger charge is -2.28. The molecular weight excluding hydrogens is 396 g/mol. The fourth-order valence-electron chi connectivity index (χ4n) is 3.50. The summed E-state index contributed by atoms with van der Waals surface area (Å²) in [7, 11) is 3.22. The molecule has 2 aromatic heterocycles. The molecule has 0 saturated carbocycles. The first-order valence-corrected chi connectivity index (χ1v) is 9.57. The summed E-state index contributed by atoms with van der Waals surface area (Å²) in [6.07, 6.45) is 1.45. The first-order valence-electron chi connectivity index (χ1n) is 9.19. The number of hydrogen-bond donors (Lipinski definition) is 0. The second-order valence-corrected chi connectivity index (χ2v) is 7.13. The maximum atomic E-state index is 13.5. The number of anilines is 2. The zero-order valence-corrected chi connectivity index (χ0v) is 17.2. The monoisotopic (exact) mass is 416 g/mol. The van der Waals surface area contributed by atoms with E-state index in [0.29, 0.717) is 71.0 Å². The lowest BCUT2D eigenvalue weighted by Crippen LogP contribution is -2.37. The molecule has 1 aromatic carbocycles. The first-order chi connectivity index (χ1) is 14.0. The van der Waals surface area contributed by atoms with Crippen LogP contribution >= 0.6 is 11.6 Å². The van der Waals surface area contributed by atoms with Gasteiger partial charge in [0.25, 0.3) is 5.91 Å². The average molecular weight is 417 g/mol. The Labute approximate surface area is 173 Å². The van der Waals surface area contributed by atoms with Crippen LogP contribution in [0.3, 0.4) is 0 Å². The van der Waals surface area contributed by atoms with Crippen LogP contribution in [0.5, 0.6) is 5.75 Å². The largest absolute Gasteiger partial charge is 0.495 e. The van der Waals surface area contributed by atoms with E-state index < -0.39 is 0 Å². The molecule has 0 unspecified atom stereocenters. The predicted molar refractivity (Wildman–Crippen MR) is 110 cm³/mol. The normalized spacial score (nSPS) is 14.3. The SMILES string of the molecule is COc1ccc(Cl)cc1N(C)C(=O)c1c(C)oc2ncnc(N3CCOCC3)c12. The molecule has 0 aliphatic carbocycles. The quantitative estimate of drug-likeness (QED) is 0.645. The number of halogens is 1. The number of benzene rings is 1. The number of amides is 1. The van der Waals surface area contributed by atoms with E-state index in [4.69, 9.17) is 25.5 Å². The Bertz CT molecular complexity index is 1060. The van der Waals surface area contributed by atoms with E-state index in [-0.39, 0.29) is 5.91 Å². The highest BCUT2D eigenvalue weighted by atomic mass is 35.5. The Morgan fingerprint density at radius 2 is 2.03 bits per heavy atom. The fourth-order valence-corrected chi connectivity index (χ4v) is 3.67. The van der Waals surface area contributed by atoms with Crippen molar-refractivity contribution in [2.45, 2.75) is 6.92 Å². The average Bonchev–Trinajstić information content (AvgIpc) is 3.09. The first kappa shape index (κ1) is 19.5. The molecule has 0 atom stereocenters. The predicted octanol–water partition coefficient (Wildman–Crippen LogP) is 3.31. The van der Waals surface area contributed by atoms with Crippen LogP contribution in [-0.4, -0.2) is 56.3 Å². The molecule has 4 rings (SSSR count). The van der Waals surface area contributed by atoms with Gasteiger partial charge in [0.15, 0.2) is 0 Å². The van der Waals surface area contributed by atoms with Gasteiger partial charge >= 0.3 is 0 Å². The van der Waals surface area contributed by atoms with Crippen LogP contribution < -0.4 is 14.5 Å². The topological polar surface area (TPSA) is 80.9 Å². The molecule has 1 aliphatic rings. The van der Waals surface area contributed by atoms with Crippen molar-refractivity contribution in [1.29, 1.82) is 0 Å². The van der Waals surface area contributed by atoms with Gasteiger partial charge in [-0.15, -0.1) is 0 Å². The second-order valence-electron chi connectivity index (χ2n) is 6.69. The van der Waals surface area contributed by atoms with Crippen molar-refractivity contribution in [3.8, 4) is 5.75 Å². The highest BCUT2D eigenvalue weighted by Crippen LogP contribution is 2.36. The third-order valence-corrected chi connectivity index (χ3v) is 5.21. The van der Waals surface area contributed by atoms with Crippen LogP contribution in [0.4, 0.5) is 11.5 Å². The Kier molecular flexibility index (Phi) is 5.29. The maximum absolute atomic E-state index is 13.5. The van der Waals surface area contributed by atoms with Gasteiger partial charge in [0.2, 0.25) is 5.71 Å². The summed E-state index contributed by atoms with van der Waals surface area (Å²) in [5, 5.41) is 1.11. The summed E-state index contributed by atoms with van der Waals surface area (Å²) in [4.78, 5) is 25.8. The number of carbonyl (C=O) groups is 1. The minimum atomic E-state index is -0.258. The summed E-state index contributed by atoms with van der Waals surface area (Å²) in [6.45, 7) is 4.32. The van der Waals surface area contributed by atoms with Gasteiger partial charge in [-0.3, -0.25) is 4.79 Å². The van der Waals surface area contributed by atoms with E-state index >= 15 is 0 Å². The van der Waals surface area contributed by atoms with E-state index in [0.717, 1.165) is 0 Å². The van der Waals surface area contributed by atoms with E-state index in [9.17, 15) is 4.79 Å². The highest BCUT2D eigenvalue weighted by molar-refractivity contribution is 6.31. The molecule has 0 radical (unpaired) electrons. The molecule has 0 N–H and O–H groups in total. The highest BCUT2D eigenvalue weighted by Gasteiger charge is 2.29. The minimum absolute atomic E-state index is 0.258. The van der Waals surface area contributed by atoms with Crippen LogP contribution in [0.15, 0.2) is 28.9 Å². The Balaban J connectivity index is 1.82. The summed E-state index contributed by atoms with van der Waals surface area (Å²) >= 11 is 6.15. The van der Waals surface area contributed by atoms with Crippen molar-refractivity contribution in [1.82, 2.24) is 9.97 Å². The van der Waals surface area contributed by atoms with Crippen LogP contribution in [0.2, 0.25) is 5.02 Å². The summed E-state index contributed by atoms with van der Waals surface area (Å²) < 4.78 is 16.6. The van der Waals surface area contributed by atoms with Gasteiger partial charge in [-0.2, -0.15) is 0 Å². The van der Waals surface area contributed by atoms with Crippen molar-refractivity contribution < 1.29 is 18.7 Å². The maximum Gasteiger partial charge on any atom is 0.262 e. The molecule has 152 valence electrons. The molecule has 8 nitrogen and oxygen atoms in total. The number of aryl methyl sites for hydroxylation is 1. The van der Waals surface area contributed by atoms with E-state index in [1.807, 2.05) is 0 Å². The van der Waals surface area contributed by atoms with Crippen molar-refractivity contribution >= 4 is 40.1 Å². The van der Waals surface area contributed by atoms with Crippen LogP contribution in [0.1, 0.15) is 16.1 Å². The van der Waals surface area contributed by atoms with Crippen LogP contribution in [-0.2, 0) is 4.74 Å². The third kappa shape index (κ3) is 3.49. The molecule has 1 saturated heterocycles. The lowest BCUT2D eigenvalue weighted by molar-refractivity contribution is 0.0992. The number of hydrogen-bond acceptors (Lipinski definition) is 7. The number of aromatic nitrogens is 2. The van der Waals surface area contributed by atoms with Gasteiger partial charge in [0.05, 0.1) is 37.0 Å². The van der Waals surface area contributed by atoms with Gasteiger partial charge in [-0.05, 0) is 25.1 Å². The standard InChI is InChI=1S/C20H21ClN4O4/c1-12-16(20(26)24(2)14-10-13(21)4-5-15(14)27-3)17-18(22-11-23-19(17)29-12)25-6-8-28-9-7-25/h4-5,10-11H,6-9H2,1-3H3. The Hall–Kier alpha value is -2.84. The number of nitrogens with zero attached hydrogens (tertiary/aromatic N) is 4. The van der Waals surface area contributed by atoms with E-state index in [1.54, 1.807) is 39.3 Å². The van der Waals surface area contributed by atoms with E-state index in [2.05, 4.69) is 14.9 Å². The molecule has 0 bridgehead atoms. The number of furan rings is 1. The Morgan fingerprint density at radius 1 is 1.28 bits per heavy atom. The molecular formula is C20H21ClN4O4. The second kappa shape index (κ2) is 7.88. The zero-order valence-electron chi connectivity index (χ0n) is 16.4. The molecule has 9 heteroatoms. The molecule has 29 heavy (non-hydrogen) atoms. The van der Waals surface area contributed by atoms with Gasteiger partial charge in [-0.1, -0.05) is 11.6 Å². The lowest BCUT2D eigenvalue weighted by atomic mass is 10.1. The molecule has 0 spiro atoms. The van der Waals surface area contributed by atoms with E-state index in [1.165, 1.54) is 11.2 Å². The third-order valence-electron chi connectivity index (χ3n) is 4.98. The number of methoxy groups -OCH3 is 1. The fraction of sp³-hybridized carbons (Fsp3) is 0.350. The summed E-state index contributed by atoms with van der Waals surface area (Å²) in [5.41, 5.74) is 1.36. The van der Waals surface area contributed by atoms with Crippen molar-refractivity contribution in [2.75, 3.05) is 50.3 Å². The smallest absolute Gasteiger partial charge is 0.262 e. The van der Waals surface area contributed by atoms with Crippen molar-refractivity contribution in [3.05, 3.63) is 40.9 Å². The zero-order chi connectivity index (χ0) is 20.5. The van der Waals surface area contributed by atoms with Crippen LogP contribution in [0, 0.1) is 6.92 Å². The number of fused-ring (bicyclic) bond motifs is 1. The molecule has 3 aromatic rings. The van der Waals surface area contributed by atoms with Gasteiger partial charge < -0.3 is 23.7 Å². The number of rotatable bonds is 4. The molecule has 1 amide bonds. The van der Waals surface area contributed by atoms with Gasteiger partial charge in [0.1, 0.15) is 23.7 Å². The Morgan fingerprint density at radius 3 is 2.76 bits per heavy atom. The van der Waals surface area contributed by atoms with Crippen molar-refractivity contribution in [2.24, 2.45) is 0 Å². The molecule has 3 heterocycles. The number of ether oxygens (including phenoxy) is 2. The summed E-state index contributed by atoms with van der Waals surface area (Å²) in [6, 6.07) is 5.13.